The van der Waals surface area contributed by atoms with Gasteiger partial charge in [-0.1, -0.05) is 25.0 Å². The molecule has 158 valence electrons. The number of benzene rings is 1. The normalized spacial score (nSPS) is 18.9. The Hall–Kier alpha value is -2.67. The number of imidazole rings is 1. The number of amides is 1. The second kappa shape index (κ2) is 8.22. The van der Waals surface area contributed by atoms with Crippen LogP contribution in [-0.4, -0.2) is 67.7 Å². The number of fused-ring (bicyclic) bond motifs is 1. The Morgan fingerprint density at radius 2 is 1.93 bits per heavy atom. The second-order valence-corrected chi connectivity index (χ2v) is 8.63. The van der Waals surface area contributed by atoms with Crippen LogP contribution >= 0.6 is 0 Å². The molecule has 0 spiro atoms. The minimum atomic E-state index is 0.0398. The summed E-state index contributed by atoms with van der Waals surface area (Å²) in [6.45, 7) is 6.33. The number of aryl methyl sites for hydroxylation is 1. The van der Waals surface area contributed by atoms with Crippen LogP contribution in [0.2, 0.25) is 0 Å². The van der Waals surface area contributed by atoms with E-state index < -0.39 is 0 Å². The van der Waals surface area contributed by atoms with Gasteiger partial charge in [0.15, 0.2) is 0 Å². The highest BCUT2D eigenvalue weighted by atomic mass is 16.2. The first-order valence-corrected chi connectivity index (χ1v) is 11.2. The molecule has 1 aromatic carbocycles. The molecule has 0 unspecified atom stereocenters. The Kier molecular flexibility index (Phi) is 5.29. The van der Waals surface area contributed by atoms with E-state index in [0.29, 0.717) is 12.2 Å². The number of hydrogen-bond donors (Lipinski definition) is 1. The minimum absolute atomic E-state index is 0.0398. The zero-order valence-electron chi connectivity index (χ0n) is 17.7. The van der Waals surface area contributed by atoms with Crippen LogP contribution in [0.25, 0.3) is 11.0 Å². The van der Waals surface area contributed by atoms with E-state index in [0.717, 1.165) is 61.2 Å². The van der Waals surface area contributed by atoms with Gasteiger partial charge in [-0.25, -0.2) is 4.98 Å². The topological polar surface area (TPSA) is 70.1 Å². The van der Waals surface area contributed by atoms with E-state index in [2.05, 4.69) is 30.7 Å². The van der Waals surface area contributed by atoms with Crippen LogP contribution < -0.4 is 0 Å². The SMILES string of the molecule is Cc1nc2ccccc2n1Cc1cc(C(=O)N2CCCN(C3CCCC3)CC2)n[nH]1. The average Bonchev–Trinajstić information content (AvgIpc) is 3.47. The number of hydrogen-bond acceptors (Lipinski definition) is 4. The molecule has 3 heterocycles. The Labute approximate surface area is 177 Å². The third-order valence-corrected chi connectivity index (χ3v) is 6.68. The summed E-state index contributed by atoms with van der Waals surface area (Å²) in [5, 5.41) is 7.41. The minimum Gasteiger partial charge on any atom is -0.336 e. The molecule has 0 atom stereocenters. The van der Waals surface area contributed by atoms with E-state index in [1.807, 2.05) is 36.1 Å². The first-order valence-electron chi connectivity index (χ1n) is 11.2. The molecular weight excluding hydrogens is 376 g/mol. The fourth-order valence-corrected chi connectivity index (χ4v) is 5.06. The van der Waals surface area contributed by atoms with Crippen LogP contribution in [0.3, 0.4) is 0 Å². The number of nitrogens with one attached hydrogen (secondary N) is 1. The van der Waals surface area contributed by atoms with Gasteiger partial charge in [0.05, 0.1) is 23.3 Å². The van der Waals surface area contributed by atoms with Crippen molar-refractivity contribution in [1.29, 1.82) is 0 Å². The van der Waals surface area contributed by atoms with Gasteiger partial charge in [-0.2, -0.15) is 5.10 Å². The van der Waals surface area contributed by atoms with Gasteiger partial charge in [-0.05, 0) is 44.4 Å². The summed E-state index contributed by atoms with van der Waals surface area (Å²) in [4.78, 5) is 22.3. The van der Waals surface area contributed by atoms with Gasteiger partial charge in [0, 0.05) is 32.2 Å². The van der Waals surface area contributed by atoms with E-state index in [9.17, 15) is 4.79 Å². The predicted molar refractivity (Wildman–Crippen MR) is 117 cm³/mol. The Morgan fingerprint density at radius 1 is 1.10 bits per heavy atom. The summed E-state index contributed by atoms with van der Waals surface area (Å²) >= 11 is 0. The highest BCUT2D eigenvalue weighted by molar-refractivity contribution is 5.92. The fraction of sp³-hybridized carbons (Fsp3) is 0.522. The van der Waals surface area contributed by atoms with Crippen molar-refractivity contribution in [3.63, 3.8) is 0 Å². The molecule has 7 nitrogen and oxygen atoms in total. The molecule has 1 saturated heterocycles. The molecule has 2 fully saturated rings. The molecular formula is C23H30N6O. The molecule has 1 aliphatic heterocycles. The second-order valence-electron chi connectivity index (χ2n) is 8.63. The lowest BCUT2D eigenvalue weighted by Crippen LogP contribution is -2.38. The summed E-state index contributed by atoms with van der Waals surface area (Å²) in [5.41, 5.74) is 3.52. The predicted octanol–water partition coefficient (Wildman–Crippen LogP) is 3.21. The summed E-state index contributed by atoms with van der Waals surface area (Å²) in [6, 6.07) is 10.7. The zero-order chi connectivity index (χ0) is 20.5. The first-order chi connectivity index (χ1) is 14.7. The largest absolute Gasteiger partial charge is 0.336 e. The van der Waals surface area contributed by atoms with Crippen molar-refractivity contribution in [2.75, 3.05) is 26.2 Å². The summed E-state index contributed by atoms with van der Waals surface area (Å²) < 4.78 is 2.16. The van der Waals surface area contributed by atoms with Crippen molar-refractivity contribution in [1.82, 2.24) is 29.5 Å². The monoisotopic (exact) mass is 406 g/mol. The maximum Gasteiger partial charge on any atom is 0.274 e. The van der Waals surface area contributed by atoms with Crippen LogP contribution in [0, 0.1) is 6.92 Å². The van der Waals surface area contributed by atoms with E-state index in [4.69, 9.17) is 0 Å². The maximum absolute atomic E-state index is 13.1. The van der Waals surface area contributed by atoms with Crippen molar-refractivity contribution in [2.45, 2.75) is 51.6 Å². The molecule has 30 heavy (non-hydrogen) atoms. The molecule has 1 N–H and O–H groups in total. The Balaban J connectivity index is 1.27. The molecule has 1 aliphatic carbocycles. The van der Waals surface area contributed by atoms with Crippen LogP contribution in [0.15, 0.2) is 30.3 Å². The molecule has 1 amide bonds. The quantitative estimate of drug-likeness (QED) is 0.722. The summed E-state index contributed by atoms with van der Waals surface area (Å²) in [7, 11) is 0. The number of aromatic amines is 1. The molecule has 7 heteroatoms. The van der Waals surface area contributed by atoms with E-state index in [-0.39, 0.29) is 5.91 Å². The van der Waals surface area contributed by atoms with Gasteiger partial charge in [0.25, 0.3) is 5.91 Å². The first kappa shape index (κ1) is 19.3. The van der Waals surface area contributed by atoms with Crippen LogP contribution in [0.1, 0.15) is 54.1 Å². The number of nitrogens with zero attached hydrogens (tertiary/aromatic N) is 5. The number of H-pyrrole nitrogens is 1. The molecule has 3 aromatic rings. The molecule has 5 rings (SSSR count). The Morgan fingerprint density at radius 3 is 2.80 bits per heavy atom. The third kappa shape index (κ3) is 3.74. The van der Waals surface area contributed by atoms with Crippen molar-refractivity contribution in [3.8, 4) is 0 Å². The number of carbonyl (C=O) groups is 1. The van der Waals surface area contributed by atoms with E-state index >= 15 is 0 Å². The van der Waals surface area contributed by atoms with E-state index in [1.165, 1.54) is 25.7 Å². The van der Waals surface area contributed by atoms with Gasteiger partial charge >= 0.3 is 0 Å². The molecule has 0 bridgehead atoms. The molecule has 1 saturated carbocycles. The summed E-state index contributed by atoms with van der Waals surface area (Å²) in [6.07, 6.45) is 6.38. The van der Waals surface area contributed by atoms with Gasteiger partial charge in [0.1, 0.15) is 11.5 Å². The van der Waals surface area contributed by atoms with Crippen molar-refractivity contribution in [2.24, 2.45) is 0 Å². The average molecular weight is 407 g/mol. The smallest absolute Gasteiger partial charge is 0.274 e. The van der Waals surface area contributed by atoms with Gasteiger partial charge < -0.3 is 9.47 Å². The van der Waals surface area contributed by atoms with Gasteiger partial charge in [-0.3, -0.25) is 14.8 Å². The molecule has 0 radical (unpaired) electrons. The lowest BCUT2D eigenvalue weighted by molar-refractivity contribution is 0.0752. The maximum atomic E-state index is 13.1. The van der Waals surface area contributed by atoms with Crippen molar-refractivity contribution >= 4 is 16.9 Å². The number of rotatable bonds is 4. The standard InChI is InChI=1S/C23H30N6O/c1-17-24-20-9-4-5-10-22(20)29(17)16-18-15-21(26-25-18)23(30)28-12-6-11-27(13-14-28)19-7-2-3-8-19/h4-5,9-10,15,19H,2-3,6-8,11-14,16H2,1H3,(H,25,26). The number of aromatic nitrogens is 4. The van der Waals surface area contributed by atoms with Crippen LogP contribution in [0.4, 0.5) is 0 Å². The lowest BCUT2D eigenvalue weighted by Gasteiger charge is -2.27. The highest BCUT2D eigenvalue weighted by Crippen LogP contribution is 2.24. The van der Waals surface area contributed by atoms with Gasteiger partial charge in [0.2, 0.25) is 0 Å². The van der Waals surface area contributed by atoms with Crippen molar-refractivity contribution < 1.29 is 4.79 Å². The Bertz CT molecular complexity index is 1030. The zero-order valence-corrected chi connectivity index (χ0v) is 17.7. The molecule has 2 aliphatic rings. The number of para-hydroxylation sites is 2. The van der Waals surface area contributed by atoms with Gasteiger partial charge in [-0.15, -0.1) is 0 Å². The van der Waals surface area contributed by atoms with Crippen LogP contribution in [0.5, 0.6) is 0 Å². The fourth-order valence-electron chi connectivity index (χ4n) is 5.06. The third-order valence-electron chi connectivity index (χ3n) is 6.68. The summed E-state index contributed by atoms with van der Waals surface area (Å²) in [5.74, 6) is 0.996. The highest BCUT2D eigenvalue weighted by Gasteiger charge is 2.27. The van der Waals surface area contributed by atoms with Crippen molar-refractivity contribution in [3.05, 3.63) is 47.5 Å². The van der Waals surface area contributed by atoms with E-state index in [1.54, 1.807) is 0 Å². The number of carbonyl (C=O) groups excluding carboxylic acids is 1. The lowest BCUT2D eigenvalue weighted by atomic mass is 10.2. The molecule has 2 aromatic heterocycles. The van der Waals surface area contributed by atoms with Crippen LogP contribution in [-0.2, 0) is 6.54 Å².